The molecule has 0 fully saturated rings. The summed E-state index contributed by atoms with van der Waals surface area (Å²) in [6.07, 6.45) is 10.8. The Balaban J connectivity index is 1.73. The van der Waals surface area contributed by atoms with Crippen LogP contribution in [0.25, 0.3) is 0 Å². The molecule has 0 atom stereocenters. The zero-order chi connectivity index (χ0) is 22.3. The van der Waals surface area contributed by atoms with Crippen molar-refractivity contribution >= 4 is 27.9 Å². The van der Waals surface area contributed by atoms with Gasteiger partial charge in [-0.3, -0.25) is 0 Å². The molecule has 0 spiro atoms. The smallest absolute Gasteiger partial charge is 0.339 e. The summed E-state index contributed by atoms with van der Waals surface area (Å²) in [5.41, 5.74) is 1.35. The Labute approximate surface area is 194 Å². The molecular formula is C26H33BrO4. The maximum atomic E-state index is 12.5. The molecule has 5 heteroatoms. The van der Waals surface area contributed by atoms with Gasteiger partial charge in [-0.1, -0.05) is 98.5 Å². The van der Waals surface area contributed by atoms with E-state index in [4.69, 9.17) is 9.47 Å². The van der Waals surface area contributed by atoms with Crippen LogP contribution in [0.15, 0.2) is 53.0 Å². The van der Waals surface area contributed by atoms with Crippen LogP contribution < -0.4 is 0 Å². The lowest BCUT2D eigenvalue weighted by atomic mass is 10.1. The highest BCUT2D eigenvalue weighted by molar-refractivity contribution is 9.10. The number of ether oxygens (including phenoxy) is 2. The van der Waals surface area contributed by atoms with Crippen molar-refractivity contribution < 1.29 is 19.1 Å². The Morgan fingerprint density at radius 3 is 1.94 bits per heavy atom. The summed E-state index contributed by atoms with van der Waals surface area (Å²) in [7, 11) is 0. The quantitative estimate of drug-likeness (QED) is 0.204. The van der Waals surface area contributed by atoms with Crippen LogP contribution in [0.5, 0.6) is 0 Å². The summed E-state index contributed by atoms with van der Waals surface area (Å²) >= 11 is 3.40. The standard InChI is InChI=1S/C26H33BrO4/c1-2-3-4-5-6-7-8-9-12-18-30-25(28)23-16-10-11-17-24(23)26(29)31-20-21-14-13-15-22(27)19-21/h10-11,13-17,19H,2-9,12,18,20H2,1H3. The van der Waals surface area contributed by atoms with Gasteiger partial charge in [0.05, 0.1) is 17.7 Å². The van der Waals surface area contributed by atoms with Crippen molar-refractivity contribution in [3.05, 3.63) is 69.7 Å². The van der Waals surface area contributed by atoms with Crippen molar-refractivity contribution in [1.29, 1.82) is 0 Å². The van der Waals surface area contributed by atoms with E-state index < -0.39 is 11.9 Å². The molecule has 0 saturated heterocycles. The second-order valence-electron chi connectivity index (χ2n) is 7.72. The van der Waals surface area contributed by atoms with Crippen LogP contribution in [0.1, 0.15) is 91.0 Å². The molecule has 2 rings (SSSR count). The highest BCUT2D eigenvalue weighted by Crippen LogP contribution is 2.16. The van der Waals surface area contributed by atoms with Gasteiger partial charge in [0.15, 0.2) is 0 Å². The normalized spacial score (nSPS) is 10.6. The second-order valence-corrected chi connectivity index (χ2v) is 8.63. The van der Waals surface area contributed by atoms with Gasteiger partial charge in [0.25, 0.3) is 0 Å². The predicted molar refractivity (Wildman–Crippen MR) is 127 cm³/mol. The molecule has 0 aliphatic carbocycles. The van der Waals surface area contributed by atoms with Crippen LogP contribution in [-0.4, -0.2) is 18.5 Å². The summed E-state index contributed by atoms with van der Waals surface area (Å²) in [6, 6.07) is 14.2. The molecule has 4 nitrogen and oxygen atoms in total. The zero-order valence-electron chi connectivity index (χ0n) is 18.4. The van der Waals surface area contributed by atoms with Crippen molar-refractivity contribution in [2.45, 2.75) is 71.3 Å². The molecule has 31 heavy (non-hydrogen) atoms. The van der Waals surface area contributed by atoms with Crippen molar-refractivity contribution in [1.82, 2.24) is 0 Å². The van der Waals surface area contributed by atoms with Gasteiger partial charge in [0.1, 0.15) is 6.61 Å². The first-order valence-corrected chi connectivity index (χ1v) is 12.1. The first-order chi connectivity index (χ1) is 15.1. The third-order valence-corrected chi connectivity index (χ3v) is 5.60. The summed E-state index contributed by atoms with van der Waals surface area (Å²) in [5, 5.41) is 0. The predicted octanol–water partition coefficient (Wildman–Crippen LogP) is 7.49. The van der Waals surface area contributed by atoms with E-state index in [2.05, 4.69) is 22.9 Å². The SMILES string of the molecule is CCCCCCCCCCCOC(=O)c1ccccc1C(=O)OCc1cccc(Br)c1. The lowest BCUT2D eigenvalue weighted by Crippen LogP contribution is -2.14. The van der Waals surface area contributed by atoms with E-state index in [0.717, 1.165) is 22.9 Å². The van der Waals surface area contributed by atoms with Crippen LogP contribution in [-0.2, 0) is 16.1 Å². The largest absolute Gasteiger partial charge is 0.462 e. The zero-order valence-corrected chi connectivity index (χ0v) is 20.0. The number of carbonyl (C=O) groups is 2. The molecule has 0 unspecified atom stereocenters. The molecule has 2 aromatic carbocycles. The Kier molecular flexibility index (Phi) is 12.0. The third-order valence-electron chi connectivity index (χ3n) is 5.11. The van der Waals surface area contributed by atoms with Gasteiger partial charge in [0, 0.05) is 4.47 Å². The van der Waals surface area contributed by atoms with Gasteiger partial charge >= 0.3 is 11.9 Å². The number of halogens is 1. The maximum absolute atomic E-state index is 12.5. The summed E-state index contributed by atoms with van der Waals surface area (Å²) in [6.45, 7) is 2.74. The van der Waals surface area contributed by atoms with Crippen LogP contribution in [0.2, 0.25) is 0 Å². The molecule has 0 aliphatic rings. The summed E-state index contributed by atoms with van der Waals surface area (Å²) in [5.74, 6) is -1.01. The highest BCUT2D eigenvalue weighted by Gasteiger charge is 2.19. The number of hydrogen-bond acceptors (Lipinski definition) is 4. The van der Waals surface area contributed by atoms with E-state index in [-0.39, 0.29) is 17.7 Å². The van der Waals surface area contributed by atoms with Crippen molar-refractivity contribution in [2.75, 3.05) is 6.61 Å². The minimum atomic E-state index is -0.532. The molecule has 0 amide bonds. The van der Waals surface area contributed by atoms with Crippen LogP contribution >= 0.6 is 15.9 Å². The summed E-state index contributed by atoms with van der Waals surface area (Å²) < 4.78 is 11.7. The number of carbonyl (C=O) groups excluding carboxylic acids is 2. The molecule has 168 valence electrons. The lowest BCUT2D eigenvalue weighted by molar-refractivity contribution is 0.0436. The first-order valence-electron chi connectivity index (χ1n) is 11.3. The fourth-order valence-corrected chi connectivity index (χ4v) is 3.79. The van der Waals surface area contributed by atoms with Gasteiger partial charge in [0.2, 0.25) is 0 Å². The molecule has 0 radical (unpaired) electrons. The Bertz CT molecular complexity index is 819. The molecule has 0 bridgehead atoms. The van der Waals surface area contributed by atoms with Gasteiger partial charge in [-0.05, 0) is 36.2 Å². The third kappa shape index (κ3) is 9.69. The van der Waals surface area contributed by atoms with Crippen LogP contribution in [0, 0.1) is 0 Å². The number of hydrogen-bond donors (Lipinski definition) is 0. The van der Waals surface area contributed by atoms with Crippen molar-refractivity contribution in [3.8, 4) is 0 Å². The topological polar surface area (TPSA) is 52.6 Å². The van der Waals surface area contributed by atoms with E-state index in [1.54, 1.807) is 24.3 Å². The van der Waals surface area contributed by atoms with Gasteiger partial charge in [-0.2, -0.15) is 0 Å². The van der Waals surface area contributed by atoms with Crippen LogP contribution in [0.3, 0.4) is 0 Å². The number of esters is 2. The number of rotatable bonds is 14. The Morgan fingerprint density at radius 2 is 1.32 bits per heavy atom. The van der Waals surface area contributed by atoms with E-state index in [1.165, 1.54) is 44.9 Å². The molecule has 0 saturated carbocycles. The van der Waals surface area contributed by atoms with E-state index in [1.807, 2.05) is 24.3 Å². The van der Waals surface area contributed by atoms with Crippen LogP contribution in [0.4, 0.5) is 0 Å². The minimum absolute atomic E-state index is 0.139. The average molecular weight is 489 g/mol. The maximum Gasteiger partial charge on any atom is 0.339 e. The Hall–Kier alpha value is -2.14. The van der Waals surface area contributed by atoms with Crippen molar-refractivity contribution in [3.63, 3.8) is 0 Å². The summed E-state index contributed by atoms with van der Waals surface area (Å²) in [4.78, 5) is 25.0. The van der Waals surface area contributed by atoms with E-state index in [9.17, 15) is 9.59 Å². The molecular weight excluding hydrogens is 456 g/mol. The fourth-order valence-electron chi connectivity index (χ4n) is 3.35. The van der Waals surface area contributed by atoms with Gasteiger partial charge in [-0.25, -0.2) is 9.59 Å². The molecule has 0 aromatic heterocycles. The van der Waals surface area contributed by atoms with E-state index >= 15 is 0 Å². The second kappa shape index (κ2) is 14.8. The fraction of sp³-hybridized carbons (Fsp3) is 0.462. The monoisotopic (exact) mass is 488 g/mol. The number of benzene rings is 2. The molecule has 0 N–H and O–H groups in total. The van der Waals surface area contributed by atoms with E-state index in [0.29, 0.717) is 6.61 Å². The lowest BCUT2D eigenvalue weighted by Gasteiger charge is -2.10. The van der Waals surface area contributed by atoms with Crippen molar-refractivity contribution in [2.24, 2.45) is 0 Å². The molecule has 2 aromatic rings. The first kappa shape index (κ1) is 25.1. The van der Waals surface area contributed by atoms with Gasteiger partial charge in [-0.15, -0.1) is 0 Å². The Morgan fingerprint density at radius 1 is 0.742 bits per heavy atom. The average Bonchev–Trinajstić information content (AvgIpc) is 2.78. The van der Waals surface area contributed by atoms with Gasteiger partial charge < -0.3 is 9.47 Å². The highest BCUT2D eigenvalue weighted by atomic mass is 79.9. The molecule has 0 heterocycles. The minimum Gasteiger partial charge on any atom is -0.462 e. The molecule has 0 aliphatic heterocycles. The number of unbranched alkanes of at least 4 members (excludes halogenated alkanes) is 8.